The largest absolute Gasteiger partial charge is 0.507 e. The predicted molar refractivity (Wildman–Crippen MR) is 68.8 cm³/mol. The van der Waals surface area contributed by atoms with Gasteiger partial charge in [0.2, 0.25) is 0 Å². The van der Waals surface area contributed by atoms with Crippen molar-refractivity contribution < 1.29 is 18.8 Å². The van der Waals surface area contributed by atoms with Gasteiger partial charge in [0.15, 0.2) is 0 Å². The van der Waals surface area contributed by atoms with Crippen molar-refractivity contribution in [1.82, 2.24) is 0 Å². The van der Waals surface area contributed by atoms with Crippen molar-refractivity contribution in [3.05, 3.63) is 23.0 Å². The van der Waals surface area contributed by atoms with Crippen molar-refractivity contribution in [3.8, 4) is 5.75 Å². The Morgan fingerprint density at radius 3 is 2.17 bits per heavy atom. The smallest absolute Gasteiger partial charge is 0.501 e. The number of benzene rings is 1. The molecule has 0 bridgehead atoms. The molecular weight excluding hydrogens is 257 g/mol. The standard InChI is InChI=1S/C12H15BClFO3/c1-11(2)12(3,4)18-13(17-11)9-8(15)6-5-7(14)10(9)16/h5-6,16H,1-4H3. The molecule has 0 aromatic heterocycles. The van der Waals surface area contributed by atoms with Gasteiger partial charge in [0, 0.05) is 0 Å². The molecule has 0 aliphatic carbocycles. The zero-order valence-electron chi connectivity index (χ0n) is 10.8. The summed E-state index contributed by atoms with van der Waals surface area (Å²) in [6.45, 7) is 7.41. The molecule has 1 aliphatic rings. The van der Waals surface area contributed by atoms with Crippen LogP contribution in [0.5, 0.6) is 5.75 Å². The van der Waals surface area contributed by atoms with E-state index in [1.165, 1.54) is 12.1 Å². The Balaban J connectivity index is 2.44. The molecule has 1 heterocycles. The predicted octanol–water partition coefficient (Wildman–Crippen LogP) is 2.48. The number of hydrogen-bond donors (Lipinski definition) is 1. The van der Waals surface area contributed by atoms with E-state index in [9.17, 15) is 9.50 Å². The summed E-state index contributed by atoms with van der Waals surface area (Å²) in [5, 5.41) is 9.92. The molecule has 2 rings (SSSR count). The van der Waals surface area contributed by atoms with E-state index < -0.39 is 24.1 Å². The van der Waals surface area contributed by atoms with Gasteiger partial charge in [-0.25, -0.2) is 4.39 Å². The highest BCUT2D eigenvalue weighted by molar-refractivity contribution is 6.63. The fraction of sp³-hybridized carbons (Fsp3) is 0.500. The van der Waals surface area contributed by atoms with Crippen LogP contribution in [0.25, 0.3) is 0 Å². The van der Waals surface area contributed by atoms with Crippen LogP contribution in [0.1, 0.15) is 27.7 Å². The van der Waals surface area contributed by atoms with Gasteiger partial charge in [0.1, 0.15) is 11.6 Å². The fourth-order valence-corrected chi connectivity index (χ4v) is 1.91. The minimum absolute atomic E-state index is 0.0545. The second kappa shape index (κ2) is 4.12. The highest BCUT2D eigenvalue weighted by Crippen LogP contribution is 2.38. The molecule has 6 heteroatoms. The molecule has 98 valence electrons. The third kappa shape index (κ3) is 2.00. The molecule has 0 atom stereocenters. The summed E-state index contributed by atoms with van der Waals surface area (Å²) in [6, 6.07) is 2.48. The van der Waals surface area contributed by atoms with E-state index in [4.69, 9.17) is 20.9 Å². The summed E-state index contributed by atoms with van der Waals surface area (Å²) in [5.41, 5.74) is -1.25. The Morgan fingerprint density at radius 1 is 1.17 bits per heavy atom. The highest BCUT2D eigenvalue weighted by atomic mass is 35.5. The molecule has 0 amide bonds. The minimum atomic E-state index is -0.964. The van der Waals surface area contributed by atoms with Crippen LogP contribution in [0, 0.1) is 5.82 Å². The van der Waals surface area contributed by atoms with Crippen LogP contribution in [0.3, 0.4) is 0 Å². The van der Waals surface area contributed by atoms with Crippen LogP contribution in [0.15, 0.2) is 12.1 Å². The number of hydrogen-bond acceptors (Lipinski definition) is 3. The maximum Gasteiger partial charge on any atom is 0.501 e. The van der Waals surface area contributed by atoms with Crippen LogP contribution < -0.4 is 5.46 Å². The van der Waals surface area contributed by atoms with E-state index in [-0.39, 0.29) is 16.2 Å². The van der Waals surface area contributed by atoms with E-state index in [1.807, 2.05) is 27.7 Å². The summed E-state index contributed by atoms with van der Waals surface area (Å²) < 4.78 is 25.2. The third-order valence-corrected chi connectivity index (χ3v) is 3.91. The first-order chi connectivity index (χ1) is 8.16. The monoisotopic (exact) mass is 272 g/mol. The maximum atomic E-state index is 13.8. The number of halogens is 2. The zero-order valence-corrected chi connectivity index (χ0v) is 11.5. The van der Waals surface area contributed by atoms with Crippen LogP contribution in [-0.2, 0) is 9.31 Å². The first-order valence-electron chi connectivity index (χ1n) is 5.68. The van der Waals surface area contributed by atoms with E-state index >= 15 is 0 Å². The van der Waals surface area contributed by atoms with Crippen LogP contribution in [0.2, 0.25) is 5.02 Å². The number of phenolic OH excluding ortho intramolecular Hbond substituents is 1. The van der Waals surface area contributed by atoms with E-state index in [0.717, 1.165) is 0 Å². The summed E-state index contributed by atoms with van der Waals surface area (Å²) in [5.74, 6) is -0.939. The van der Waals surface area contributed by atoms with E-state index in [2.05, 4.69) is 0 Å². The number of rotatable bonds is 1. The third-order valence-electron chi connectivity index (χ3n) is 3.60. The van der Waals surface area contributed by atoms with Crippen LogP contribution in [-0.4, -0.2) is 23.4 Å². The van der Waals surface area contributed by atoms with Crippen molar-refractivity contribution in [1.29, 1.82) is 0 Å². The molecule has 1 aromatic carbocycles. The van der Waals surface area contributed by atoms with Gasteiger partial charge in [-0.05, 0) is 39.8 Å². The van der Waals surface area contributed by atoms with Crippen molar-refractivity contribution >= 4 is 24.2 Å². The molecule has 0 unspecified atom stereocenters. The van der Waals surface area contributed by atoms with Gasteiger partial charge in [-0.15, -0.1) is 0 Å². The Hall–Kier alpha value is -0.775. The average Bonchev–Trinajstić information content (AvgIpc) is 2.43. The van der Waals surface area contributed by atoms with Gasteiger partial charge in [0.05, 0.1) is 21.7 Å². The number of aromatic hydroxyl groups is 1. The fourth-order valence-electron chi connectivity index (χ4n) is 1.74. The normalized spacial score (nSPS) is 21.3. The molecule has 0 radical (unpaired) electrons. The lowest BCUT2D eigenvalue weighted by Crippen LogP contribution is -2.41. The SMILES string of the molecule is CC1(C)OB(c2c(F)ccc(Cl)c2O)OC1(C)C. The van der Waals surface area contributed by atoms with Gasteiger partial charge in [0.25, 0.3) is 0 Å². The summed E-state index contributed by atoms with van der Waals surface area (Å²) in [4.78, 5) is 0. The lowest BCUT2D eigenvalue weighted by Gasteiger charge is -2.32. The molecular formula is C12H15BClFO3. The second-order valence-corrected chi connectivity index (χ2v) is 5.79. The van der Waals surface area contributed by atoms with Gasteiger partial charge in [-0.1, -0.05) is 11.6 Å². The lowest BCUT2D eigenvalue weighted by molar-refractivity contribution is 0.00578. The van der Waals surface area contributed by atoms with Gasteiger partial charge >= 0.3 is 7.12 Å². The molecule has 0 saturated carbocycles. The van der Waals surface area contributed by atoms with Crippen molar-refractivity contribution in [2.45, 2.75) is 38.9 Å². The zero-order chi connectivity index (χ0) is 13.7. The Labute approximate surface area is 111 Å². The summed E-state index contributed by atoms with van der Waals surface area (Å²) in [7, 11) is -0.964. The summed E-state index contributed by atoms with van der Waals surface area (Å²) in [6.07, 6.45) is 0. The molecule has 0 spiro atoms. The van der Waals surface area contributed by atoms with E-state index in [0.29, 0.717) is 0 Å². The molecule has 1 aromatic rings. The summed E-state index contributed by atoms with van der Waals surface area (Å²) >= 11 is 5.78. The van der Waals surface area contributed by atoms with E-state index in [1.54, 1.807) is 0 Å². The van der Waals surface area contributed by atoms with Crippen molar-refractivity contribution in [2.24, 2.45) is 0 Å². The number of phenols is 1. The van der Waals surface area contributed by atoms with Crippen LogP contribution >= 0.6 is 11.6 Å². The van der Waals surface area contributed by atoms with Gasteiger partial charge < -0.3 is 14.4 Å². The second-order valence-electron chi connectivity index (χ2n) is 5.38. The molecule has 1 N–H and O–H groups in total. The van der Waals surface area contributed by atoms with Crippen molar-refractivity contribution in [3.63, 3.8) is 0 Å². The molecule has 1 fully saturated rings. The quantitative estimate of drug-likeness (QED) is 0.798. The topological polar surface area (TPSA) is 38.7 Å². The molecule has 1 aliphatic heterocycles. The highest BCUT2D eigenvalue weighted by Gasteiger charge is 2.53. The maximum absolute atomic E-state index is 13.8. The molecule has 3 nitrogen and oxygen atoms in total. The van der Waals surface area contributed by atoms with Crippen LogP contribution in [0.4, 0.5) is 4.39 Å². The minimum Gasteiger partial charge on any atom is -0.507 e. The molecule has 18 heavy (non-hydrogen) atoms. The van der Waals surface area contributed by atoms with Gasteiger partial charge in [-0.2, -0.15) is 0 Å². The molecule has 1 saturated heterocycles. The first-order valence-corrected chi connectivity index (χ1v) is 6.06. The Bertz CT molecular complexity index is 474. The Kier molecular flexibility index (Phi) is 3.12. The van der Waals surface area contributed by atoms with Gasteiger partial charge in [-0.3, -0.25) is 0 Å². The lowest BCUT2D eigenvalue weighted by atomic mass is 9.78. The average molecular weight is 273 g/mol. The Morgan fingerprint density at radius 2 is 1.67 bits per heavy atom. The first kappa shape index (κ1) is 13.7. The van der Waals surface area contributed by atoms with Crippen molar-refractivity contribution in [2.75, 3.05) is 0 Å².